The van der Waals surface area contributed by atoms with Crippen molar-refractivity contribution in [2.75, 3.05) is 6.61 Å². The second-order valence-corrected chi connectivity index (χ2v) is 5.95. The van der Waals surface area contributed by atoms with Gasteiger partial charge in [-0.15, -0.1) is 0 Å². The molecule has 0 aliphatic carbocycles. The van der Waals surface area contributed by atoms with Gasteiger partial charge in [0.1, 0.15) is 11.9 Å². The molecule has 0 aromatic heterocycles. The van der Waals surface area contributed by atoms with E-state index in [-0.39, 0.29) is 24.2 Å². The summed E-state index contributed by atoms with van der Waals surface area (Å²) in [5.74, 6) is -0.563. The number of hydrogen-bond donors (Lipinski definition) is 1. The van der Waals surface area contributed by atoms with Crippen molar-refractivity contribution < 1.29 is 23.5 Å². The van der Waals surface area contributed by atoms with Gasteiger partial charge in [-0.1, -0.05) is 30.3 Å². The van der Waals surface area contributed by atoms with Crippen LogP contribution in [0.2, 0.25) is 0 Å². The van der Waals surface area contributed by atoms with Crippen LogP contribution in [0.3, 0.4) is 0 Å². The maximum Gasteiger partial charge on any atom is 0.408 e. The van der Waals surface area contributed by atoms with Gasteiger partial charge in [0.2, 0.25) is 0 Å². The highest BCUT2D eigenvalue weighted by Crippen LogP contribution is 2.33. The number of esters is 1. The highest BCUT2D eigenvalue weighted by Gasteiger charge is 2.35. The van der Waals surface area contributed by atoms with Gasteiger partial charge < -0.3 is 14.8 Å². The minimum absolute atomic E-state index is 0.261. The molecule has 1 fully saturated rings. The van der Waals surface area contributed by atoms with Crippen LogP contribution in [0.1, 0.15) is 37.8 Å². The van der Waals surface area contributed by atoms with Gasteiger partial charge in [-0.2, -0.15) is 0 Å². The Kier molecular flexibility index (Phi) is 5.16. The number of carbonyl (C=O) groups is 2. The topological polar surface area (TPSA) is 64.6 Å². The van der Waals surface area contributed by atoms with E-state index >= 15 is 0 Å². The minimum atomic E-state index is -0.500. The largest absolute Gasteiger partial charge is 0.466 e. The summed E-state index contributed by atoms with van der Waals surface area (Å²) >= 11 is 0. The van der Waals surface area contributed by atoms with Crippen molar-refractivity contribution in [3.8, 4) is 0 Å². The molecule has 0 saturated carbocycles. The Hall–Kier alpha value is -2.63. The molecule has 1 aliphatic heterocycles. The number of benzene rings is 2. The number of alkyl carbamates (subject to hydrolysis) is 1. The van der Waals surface area contributed by atoms with Crippen LogP contribution in [0, 0.1) is 5.82 Å². The highest BCUT2D eigenvalue weighted by atomic mass is 19.1. The predicted octanol–water partition coefficient (Wildman–Crippen LogP) is 3.86. The summed E-state index contributed by atoms with van der Waals surface area (Å²) in [4.78, 5) is 23.2. The molecule has 1 saturated heterocycles. The Morgan fingerprint density at radius 2 is 2.00 bits per heavy atom. The summed E-state index contributed by atoms with van der Waals surface area (Å²) in [7, 11) is 0. The zero-order valence-corrected chi connectivity index (χ0v) is 14.0. The van der Waals surface area contributed by atoms with Crippen LogP contribution in [-0.2, 0) is 14.3 Å². The van der Waals surface area contributed by atoms with E-state index in [0.717, 1.165) is 10.9 Å². The summed E-state index contributed by atoms with van der Waals surface area (Å²) in [5.41, 5.74) is 0.809. The highest BCUT2D eigenvalue weighted by molar-refractivity contribution is 5.87. The van der Waals surface area contributed by atoms with E-state index in [1.54, 1.807) is 25.1 Å². The number of amides is 1. The van der Waals surface area contributed by atoms with Crippen molar-refractivity contribution >= 4 is 22.8 Å². The summed E-state index contributed by atoms with van der Waals surface area (Å²) in [6.07, 6.45) is 0.441. The van der Waals surface area contributed by atoms with Gasteiger partial charge >= 0.3 is 12.1 Å². The fraction of sp³-hybridized carbons (Fsp3) is 0.368. The fourth-order valence-electron chi connectivity index (χ4n) is 3.20. The molecule has 2 unspecified atom stereocenters. The molecule has 2 atom stereocenters. The number of rotatable bonds is 6. The smallest absolute Gasteiger partial charge is 0.408 e. The van der Waals surface area contributed by atoms with E-state index in [2.05, 4.69) is 5.32 Å². The molecule has 1 amide bonds. The molecule has 0 bridgehead atoms. The van der Waals surface area contributed by atoms with Crippen molar-refractivity contribution in [3.05, 3.63) is 47.8 Å². The number of ether oxygens (including phenoxy) is 2. The van der Waals surface area contributed by atoms with Gasteiger partial charge in [-0.05, 0) is 36.8 Å². The molecule has 0 radical (unpaired) electrons. The molecular formula is C19H20FNO4. The first-order valence-corrected chi connectivity index (χ1v) is 8.40. The second kappa shape index (κ2) is 7.51. The number of nitrogens with one attached hydrogen (secondary N) is 1. The van der Waals surface area contributed by atoms with Gasteiger partial charge in [0, 0.05) is 11.8 Å². The van der Waals surface area contributed by atoms with E-state index in [1.807, 2.05) is 12.1 Å². The minimum Gasteiger partial charge on any atom is -0.466 e. The molecule has 0 spiro atoms. The Labute approximate surface area is 145 Å². The van der Waals surface area contributed by atoms with E-state index in [0.29, 0.717) is 24.8 Å². The number of hydrogen-bond acceptors (Lipinski definition) is 4. The van der Waals surface area contributed by atoms with Gasteiger partial charge in [0.15, 0.2) is 0 Å². The molecular weight excluding hydrogens is 325 g/mol. The van der Waals surface area contributed by atoms with Crippen molar-refractivity contribution in [1.29, 1.82) is 0 Å². The molecule has 3 rings (SSSR count). The Morgan fingerprint density at radius 3 is 2.76 bits per heavy atom. The molecule has 2 aromatic rings. The van der Waals surface area contributed by atoms with Crippen molar-refractivity contribution in [3.63, 3.8) is 0 Å². The first-order chi connectivity index (χ1) is 12.1. The summed E-state index contributed by atoms with van der Waals surface area (Å²) in [6.45, 7) is 2.11. The van der Waals surface area contributed by atoms with Gasteiger partial charge in [-0.3, -0.25) is 4.79 Å². The third-order valence-electron chi connectivity index (χ3n) is 4.32. The number of halogens is 1. The maximum atomic E-state index is 14.0. The van der Waals surface area contributed by atoms with Crippen LogP contribution >= 0.6 is 0 Å². The third-order valence-corrected chi connectivity index (χ3v) is 4.32. The number of cyclic esters (lactones) is 1. The normalized spacial score (nSPS) is 19.5. The Bertz CT molecular complexity index is 792. The van der Waals surface area contributed by atoms with Crippen LogP contribution in [0.4, 0.5) is 9.18 Å². The first-order valence-electron chi connectivity index (χ1n) is 8.40. The molecule has 132 valence electrons. The van der Waals surface area contributed by atoms with Crippen molar-refractivity contribution in [1.82, 2.24) is 5.32 Å². The molecule has 6 heteroatoms. The van der Waals surface area contributed by atoms with Crippen molar-refractivity contribution in [2.24, 2.45) is 0 Å². The lowest BCUT2D eigenvalue weighted by molar-refractivity contribution is -0.143. The van der Waals surface area contributed by atoms with E-state index < -0.39 is 12.2 Å². The molecule has 1 aliphatic rings. The van der Waals surface area contributed by atoms with E-state index in [1.165, 1.54) is 6.07 Å². The molecule has 1 heterocycles. The quantitative estimate of drug-likeness (QED) is 0.808. The molecule has 5 nitrogen and oxygen atoms in total. The standard InChI is InChI=1S/C19H20FNO4/c1-2-24-17(22)9-5-8-16-18(21-19(23)25-16)14-10-11-15(20)13-7-4-3-6-12(13)14/h3-4,6-7,10-11,16,18H,2,5,8-9H2,1H3,(H,21,23). The lowest BCUT2D eigenvalue weighted by Gasteiger charge is -2.19. The Balaban J connectivity index is 1.79. The zero-order valence-electron chi connectivity index (χ0n) is 14.0. The second-order valence-electron chi connectivity index (χ2n) is 5.95. The SMILES string of the molecule is CCOC(=O)CCCC1OC(=O)NC1c1ccc(F)c2ccccc12. The van der Waals surface area contributed by atoms with Crippen LogP contribution in [0.25, 0.3) is 10.8 Å². The van der Waals surface area contributed by atoms with Gasteiger partial charge in [0.25, 0.3) is 0 Å². The number of fused-ring (bicyclic) bond motifs is 1. The number of carbonyl (C=O) groups excluding carboxylic acids is 2. The fourth-order valence-corrected chi connectivity index (χ4v) is 3.20. The van der Waals surface area contributed by atoms with E-state index in [9.17, 15) is 14.0 Å². The summed E-state index contributed by atoms with van der Waals surface area (Å²) in [5, 5.41) is 4.05. The third kappa shape index (κ3) is 3.73. The van der Waals surface area contributed by atoms with Crippen LogP contribution in [-0.4, -0.2) is 24.8 Å². The van der Waals surface area contributed by atoms with Crippen LogP contribution in [0.5, 0.6) is 0 Å². The van der Waals surface area contributed by atoms with Crippen molar-refractivity contribution in [2.45, 2.75) is 38.3 Å². The van der Waals surface area contributed by atoms with Crippen LogP contribution in [0.15, 0.2) is 36.4 Å². The summed E-state index contributed by atoms with van der Waals surface area (Å²) in [6, 6.07) is 9.84. The summed E-state index contributed by atoms with van der Waals surface area (Å²) < 4.78 is 24.3. The first kappa shape index (κ1) is 17.2. The Morgan fingerprint density at radius 1 is 1.24 bits per heavy atom. The van der Waals surface area contributed by atoms with Crippen LogP contribution < -0.4 is 5.32 Å². The average Bonchev–Trinajstić information content (AvgIpc) is 2.96. The maximum absolute atomic E-state index is 14.0. The zero-order chi connectivity index (χ0) is 17.8. The molecule has 2 aromatic carbocycles. The lowest BCUT2D eigenvalue weighted by Crippen LogP contribution is -2.23. The predicted molar refractivity (Wildman–Crippen MR) is 90.5 cm³/mol. The molecule has 1 N–H and O–H groups in total. The monoisotopic (exact) mass is 345 g/mol. The molecule has 25 heavy (non-hydrogen) atoms. The average molecular weight is 345 g/mol. The van der Waals surface area contributed by atoms with Gasteiger partial charge in [0.05, 0.1) is 12.6 Å². The van der Waals surface area contributed by atoms with E-state index in [4.69, 9.17) is 9.47 Å². The lowest BCUT2D eigenvalue weighted by atomic mass is 9.93. The van der Waals surface area contributed by atoms with Gasteiger partial charge in [-0.25, -0.2) is 9.18 Å².